The van der Waals surface area contributed by atoms with Crippen molar-refractivity contribution in [3.8, 4) is 0 Å². The summed E-state index contributed by atoms with van der Waals surface area (Å²) >= 11 is 0. The van der Waals surface area contributed by atoms with E-state index in [1.165, 1.54) is 0 Å². The topological polar surface area (TPSA) is 47.3 Å². The van der Waals surface area contributed by atoms with E-state index in [4.69, 9.17) is 10.6 Å². The Kier molecular flexibility index (Phi) is 11.6. The summed E-state index contributed by atoms with van der Waals surface area (Å²) in [5.74, 6) is 5.39. The summed E-state index contributed by atoms with van der Waals surface area (Å²) in [6.45, 7) is 3.50. The molecule has 0 aromatic carbocycles. The maximum Gasteiger partial charge on any atom is 0.261 e. The van der Waals surface area contributed by atoms with Gasteiger partial charge in [0.05, 0.1) is 0 Å². The first-order valence-electron chi connectivity index (χ1n) is 6.13. The second-order valence-electron chi connectivity index (χ2n) is 4.04. The van der Waals surface area contributed by atoms with Crippen LogP contribution in [0.2, 0.25) is 0 Å². The third-order valence-corrected chi connectivity index (χ3v) is 2.55. The van der Waals surface area contributed by atoms with Crippen molar-refractivity contribution in [1.82, 2.24) is 5.43 Å². The molecule has 0 heterocycles. The molecule has 0 radical (unpaired) electrons. The van der Waals surface area contributed by atoms with Gasteiger partial charge >= 0.3 is 0 Å². The van der Waals surface area contributed by atoms with E-state index in [9.17, 15) is 8.78 Å². The average molecular weight is 250 g/mol. The number of hydrogen-bond donors (Lipinski definition) is 2. The molecule has 0 aliphatic rings. The Morgan fingerprint density at radius 2 is 2.00 bits per heavy atom. The lowest BCUT2D eigenvalue weighted by Gasteiger charge is -2.15. The molecule has 0 aliphatic carbocycles. The molecule has 17 heavy (non-hydrogen) atoms. The van der Waals surface area contributed by atoms with Crippen LogP contribution in [0.5, 0.6) is 0 Å². The van der Waals surface area contributed by atoms with Crippen LogP contribution in [0.4, 0.5) is 8.78 Å². The maximum absolute atomic E-state index is 11.8. The number of rotatable bonds is 12. The van der Waals surface area contributed by atoms with Gasteiger partial charge in [0.15, 0.2) is 0 Å². The van der Waals surface area contributed by atoms with Gasteiger partial charge in [-0.1, -0.05) is 18.9 Å². The van der Waals surface area contributed by atoms with Crippen molar-refractivity contribution in [3.63, 3.8) is 0 Å². The second-order valence-corrected chi connectivity index (χ2v) is 4.04. The van der Waals surface area contributed by atoms with E-state index in [1.54, 1.807) is 0 Å². The van der Waals surface area contributed by atoms with Crippen LogP contribution in [0, 0.1) is 0 Å². The number of ether oxygens (including phenoxy) is 1. The van der Waals surface area contributed by atoms with Crippen LogP contribution in [0.15, 0.2) is 12.7 Å². The van der Waals surface area contributed by atoms with E-state index < -0.39 is 13.0 Å². The predicted molar refractivity (Wildman–Crippen MR) is 65.8 cm³/mol. The van der Waals surface area contributed by atoms with Gasteiger partial charge in [0.2, 0.25) is 0 Å². The zero-order valence-electron chi connectivity index (χ0n) is 10.3. The molecule has 1 unspecified atom stereocenters. The molecule has 0 aromatic heterocycles. The number of nitrogens with one attached hydrogen (secondary N) is 1. The van der Waals surface area contributed by atoms with Gasteiger partial charge in [-0.05, 0) is 25.7 Å². The molecule has 0 bridgehead atoms. The largest absolute Gasteiger partial charge is 0.375 e. The number of nitrogens with two attached hydrogens (primary N) is 1. The van der Waals surface area contributed by atoms with Crippen LogP contribution < -0.4 is 11.3 Å². The minimum atomic E-state index is -2.39. The van der Waals surface area contributed by atoms with E-state index in [0.29, 0.717) is 13.0 Å². The number of hydrogen-bond acceptors (Lipinski definition) is 3. The van der Waals surface area contributed by atoms with Gasteiger partial charge in [-0.25, -0.2) is 8.78 Å². The lowest BCUT2D eigenvalue weighted by Crippen LogP contribution is -2.36. The lowest BCUT2D eigenvalue weighted by atomic mass is 10.1. The fourth-order valence-corrected chi connectivity index (χ4v) is 1.57. The van der Waals surface area contributed by atoms with E-state index in [-0.39, 0.29) is 6.04 Å². The number of alkyl halides is 2. The molecule has 3 nitrogen and oxygen atoms in total. The summed E-state index contributed by atoms with van der Waals surface area (Å²) in [4.78, 5) is 0. The highest BCUT2D eigenvalue weighted by Crippen LogP contribution is 2.08. The van der Waals surface area contributed by atoms with Gasteiger partial charge < -0.3 is 4.74 Å². The van der Waals surface area contributed by atoms with Crippen molar-refractivity contribution in [1.29, 1.82) is 0 Å². The smallest absolute Gasteiger partial charge is 0.261 e. The first-order valence-corrected chi connectivity index (χ1v) is 6.13. The van der Waals surface area contributed by atoms with Crippen LogP contribution in [0.3, 0.4) is 0 Å². The molecule has 5 heteroatoms. The van der Waals surface area contributed by atoms with E-state index >= 15 is 0 Å². The van der Waals surface area contributed by atoms with Gasteiger partial charge in [-0.15, -0.1) is 6.58 Å². The first kappa shape index (κ1) is 16.5. The fraction of sp³-hybridized carbons (Fsp3) is 0.833. The Morgan fingerprint density at radius 3 is 2.59 bits per heavy atom. The highest BCUT2D eigenvalue weighted by atomic mass is 19.3. The monoisotopic (exact) mass is 250 g/mol. The molecule has 0 fully saturated rings. The molecule has 3 N–H and O–H groups in total. The number of allylic oxidation sites excluding steroid dienone is 1. The molecule has 0 rings (SSSR count). The van der Waals surface area contributed by atoms with Gasteiger partial charge in [0.1, 0.15) is 6.61 Å². The summed E-state index contributed by atoms with van der Waals surface area (Å²) < 4.78 is 28.4. The molecule has 0 saturated carbocycles. The van der Waals surface area contributed by atoms with Crippen LogP contribution in [-0.2, 0) is 4.74 Å². The first-order chi connectivity index (χ1) is 8.20. The normalized spacial score (nSPS) is 12.9. The molecule has 0 saturated heterocycles. The summed E-state index contributed by atoms with van der Waals surface area (Å²) in [6, 6.07) is 0.149. The molecule has 0 aromatic rings. The van der Waals surface area contributed by atoms with Gasteiger partial charge in [0, 0.05) is 12.6 Å². The SMILES string of the molecule is C=CCCCCCC(CCOCC(F)F)NN. The third kappa shape index (κ3) is 11.7. The van der Waals surface area contributed by atoms with E-state index in [2.05, 4.69) is 12.0 Å². The van der Waals surface area contributed by atoms with Gasteiger partial charge in [-0.3, -0.25) is 11.3 Å². The van der Waals surface area contributed by atoms with Crippen LogP contribution >= 0.6 is 0 Å². The number of hydrazine groups is 1. The highest BCUT2D eigenvalue weighted by Gasteiger charge is 2.07. The average Bonchev–Trinajstić information content (AvgIpc) is 2.31. The number of halogens is 2. The molecule has 0 spiro atoms. The quantitative estimate of drug-likeness (QED) is 0.242. The summed E-state index contributed by atoms with van der Waals surface area (Å²) in [6.07, 6.45) is 5.55. The van der Waals surface area contributed by atoms with Crippen LogP contribution in [0.25, 0.3) is 0 Å². The molecule has 102 valence electrons. The third-order valence-electron chi connectivity index (χ3n) is 2.55. The molecular weight excluding hydrogens is 226 g/mol. The number of unbranched alkanes of at least 4 members (excludes halogenated alkanes) is 3. The van der Waals surface area contributed by atoms with E-state index in [0.717, 1.165) is 32.1 Å². The Hall–Kier alpha value is -0.520. The van der Waals surface area contributed by atoms with Crippen molar-refractivity contribution in [2.75, 3.05) is 13.2 Å². The van der Waals surface area contributed by atoms with Crippen molar-refractivity contribution in [2.45, 2.75) is 51.0 Å². The summed E-state index contributed by atoms with van der Waals surface area (Å²) in [7, 11) is 0. The van der Waals surface area contributed by atoms with Gasteiger partial charge in [-0.2, -0.15) is 0 Å². The van der Waals surface area contributed by atoms with Crippen molar-refractivity contribution in [3.05, 3.63) is 12.7 Å². The summed E-state index contributed by atoms with van der Waals surface area (Å²) in [5, 5.41) is 0. The highest BCUT2D eigenvalue weighted by molar-refractivity contribution is 4.67. The zero-order valence-corrected chi connectivity index (χ0v) is 10.3. The van der Waals surface area contributed by atoms with Crippen molar-refractivity contribution in [2.24, 2.45) is 5.84 Å². The standard InChI is InChI=1S/C12H24F2N2O/c1-2-3-4-5-6-7-11(16-15)8-9-17-10-12(13)14/h2,11-12,16H,1,3-10,15H2. The Morgan fingerprint density at radius 1 is 1.24 bits per heavy atom. The van der Waals surface area contributed by atoms with Crippen LogP contribution in [0.1, 0.15) is 38.5 Å². The van der Waals surface area contributed by atoms with E-state index in [1.807, 2.05) is 6.08 Å². The van der Waals surface area contributed by atoms with Crippen molar-refractivity contribution < 1.29 is 13.5 Å². The maximum atomic E-state index is 11.8. The summed E-state index contributed by atoms with van der Waals surface area (Å²) in [5.41, 5.74) is 2.69. The zero-order chi connectivity index (χ0) is 12.9. The molecular formula is C12H24F2N2O. The molecule has 0 amide bonds. The fourth-order valence-electron chi connectivity index (χ4n) is 1.57. The molecule has 1 atom stereocenters. The van der Waals surface area contributed by atoms with Crippen LogP contribution in [-0.4, -0.2) is 25.7 Å². The minimum absolute atomic E-state index is 0.149. The Balaban J connectivity index is 3.39. The lowest BCUT2D eigenvalue weighted by molar-refractivity contribution is 0.0141. The Bertz CT molecular complexity index is 180. The minimum Gasteiger partial charge on any atom is -0.375 e. The predicted octanol–water partition coefficient (Wildman–Crippen LogP) is 2.63. The van der Waals surface area contributed by atoms with Gasteiger partial charge in [0.25, 0.3) is 6.43 Å². The van der Waals surface area contributed by atoms with Crippen molar-refractivity contribution >= 4 is 0 Å². The Labute approximate surface area is 102 Å². The second kappa shape index (κ2) is 12.0. The molecule has 0 aliphatic heterocycles.